The Bertz CT molecular complexity index is 181. The second-order valence-electron chi connectivity index (χ2n) is 2.69. The van der Waals surface area contributed by atoms with Crippen molar-refractivity contribution in [3.8, 4) is 0 Å². The van der Waals surface area contributed by atoms with Gasteiger partial charge in [-0.05, 0) is 0 Å². The van der Waals surface area contributed by atoms with E-state index in [9.17, 15) is 4.57 Å². The first-order valence-corrected chi connectivity index (χ1v) is 5.92. The van der Waals surface area contributed by atoms with Gasteiger partial charge in [-0.1, -0.05) is 0 Å². The summed E-state index contributed by atoms with van der Waals surface area (Å²) in [6.07, 6.45) is 0. The molecule has 0 amide bonds. The second kappa shape index (κ2) is 5.51. The number of aliphatic hydroxyl groups is 1. The molecule has 8 heteroatoms. The topological polar surface area (TPSA) is 87.0 Å². The van der Waals surface area contributed by atoms with Gasteiger partial charge in [0.2, 0.25) is 0 Å². The second-order valence-corrected chi connectivity index (χ2v) is 4.46. The van der Waals surface area contributed by atoms with Gasteiger partial charge in [-0.25, -0.2) is 4.57 Å². The Kier molecular flexibility index (Phi) is 5.79. The van der Waals surface area contributed by atoms with E-state index >= 15 is 0 Å². The minimum atomic E-state index is -4.53. The van der Waals surface area contributed by atoms with E-state index in [-0.39, 0.29) is 25.0 Å². The summed E-state index contributed by atoms with van der Waals surface area (Å²) in [7, 11) is -4.53. The van der Waals surface area contributed by atoms with Crippen LogP contribution < -0.4 is 0 Å². The van der Waals surface area contributed by atoms with E-state index in [1.807, 2.05) is 0 Å². The molecule has 0 aliphatic rings. The summed E-state index contributed by atoms with van der Waals surface area (Å²) in [4.78, 5) is 16.8. The molecule has 0 fully saturated rings. The Morgan fingerprint density at radius 1 is 1.31 bits per heavy atom. The number of rotatable bonds is 6. The molecule has 0 rings (SSSR count). The first kappa shape index (κ1) is 13.7. The first-order valence-electron chi connectivity index (χ1n) is 3.32. The maximum absolute atomic E-state index is 10.3. The highest BCUT2D eigenvalue weighted by molar-refractivity contribution is 7.46. The number of aliphatic hydroxyl groups excluding tert-OH is 1. The van der Waals surface area contributed by atoms with E-state index in [0.717, 1.165) is 0 Å². The largest absolute Gasteiger partial charge is 0.469 e. The summed E-state index contributed by atoms with van der Waals surface area (Å²) in [5, 5.41) is 8.87. The first-order chi connectivity index (χ1) is 5.89. The third-order valence-electron chi connectivity index (χ3n) is 1.44. The average molecular weight is 253 g/mol. The highest BCUT2D eigenvalue weighted by atomic mass is 35.5. The van der Waals surface area contributed by atoms with Crippen molar-refractivity contribution >= 4 is 31.0 Å². The van der Waals surface area contributed by atoms with E-state index in [0.29, 0.717) is 0 Å². The van der Waals surface area contributed by atoms with Gasteiger partial charge in [0, 0.05) is 17.2 Å². The Hall–Kier alpha value is 0.650. The molecule has 0 heterocycles. The summed E-state index contributed by atoms with van der Waals surface area (Å²) in [5.41, 5.74) is -0.996. The number of phosphoric ester groups is 1. The predicted molar refractivity (Wildman–Crippen MR) is 49.0 cm³/mol. The molecule has 0 atom stereocenters. The van der Waals surface area contributed by atoms with Gasteiger partial charge >= 0.3 is 7.82 Å². The van der Waals surface area contributed by atoms with Crippen molar-refractivity contribution in [2.24, 2.45) is 5.41 Å². The van der Waals surface area contributed by atoms with Crippen molar-refractivity contribution in [3.63, 3.8) is 0 Å². The SMILES string of the molecule is O=P(O)(O)OCC(CO)(CCl)CCl. The van der Waals surface area contributed by atoms with Gasteiger partial charge < -0.3 is 14.9 Å². The lowest BCUT2D eigenvalue weighted by Gasteiger charge is -2.26. The lowest BCUT2D eigenvalue weighted by atomic mass is 9.96. The van der Waals surface area contributed by atoms with Gasteiger partial charge in [-0.15, -0.1) is 23.2 Å². The molecule has 0 radical (unpaired) electrons. The monoisotopic (exact) mass is 252 g/mol. The number of hydrogen-bond donors (Lipinski definition) is 3. The van der Waals surface area contributed by atoms with Crippen LogP contribution in [0, 0.1) is 5.41 Å². The van der Waals surface area contributed by atoms with Crippen LogP contribution in [-0.2, 0) is 9.09 Å². The Morgan fingerprint density at radius 3 is 2.00 bits per heavy atom. The third kappa shape index (κ3) is 5.18. The maximum Gasteiger partial charge on any atom is 0.469 e. The number of hydrogen-bond acceptors (Lipinski definition) is 3. The van der Waals surface area contributed by atoms with Gasteiger partial charge in [0.25, 0.3) is 0 Å². The summed E-state index contributed by atoms with van der Waals surface area (Å²) in [6, 6.07) is 0. The number of alkyl halides is 2. The molecule has 0 aliphatic carbocycles. The highest BCUT2D eigenvalue weighted by Crippen LogP contribution is 2.38. The molecule has 0 unspecified atom stereocenters. The van der Waals surface area contributed by atoms with Crippen LogP contribution >= 0.6 is 31.0 Å². The van der Waals surface area contributed by atoms with E-state index in [2.05, 4.69) is 4.52 Å². The zero-order valence-corrected chi connectivity index (χ0v) is 9.10. The predicted octanol–water partition coefficient (Wildman–Crippen LogP) is 0.552. The summed E-state index contributed by atoms with van der Waals surface area (Å²) in [5.74, 6) is -0.0694. The molecular formula is C5H11Cl2O5P. The minimum absolute atomic E-state index is 0.0347. The molecule has 5 nitrogen and oxygen atoms in total. The van der Waals surface area contributed by atoms with Crippen LogP contribution in [-0.4, -0.2) is 39.9 Å². The molecule has 3 N–H and O–H groups in total. The fraction of sp³-hybridized carbons (Fsp3) is 1.00. The van der Waals surface area contributed by atoms with Crippen LogP contribution in [0.1, 0.15) is 0 Å². The standard InChI is InChI=1S/C5H11Cl2O5P/c6-1-5(2-7,3-8)4-12-13(9,10)11/h8H,1-4H2,(H2,9,10,11). The van der Waals surface area contributed by atoms with E-state index in [1.165, 1.54) is 0 Å². The normalized spacial score (nSPS) is 13.3. The maximum atomic E-state index is 10.3. The third-order valence-corrected chi connectivity index (χ3v) is 3.04. The molecule has 0 aliphatic heterocycles. The van der Waals surface area contributed by atoms with Crippen LogP contribution in [0.2, 0.25) is 0 Å². The van der Waals surface area contributed by atoms with Gasteiger partial charge in [-0.3, -0.25) is 4.52 Å². The Labute approximate surface area is 85.9 Å². The van der Waals surface area contributed by atoms with Crippen molar-refractivity contribution < 1.29 is 24.0 Å². The average Bonchev–Trinajstić information content (AvgIpc) is 2.06. The fourth-order valence-electron chi connectivity index (χ4n) is 0.464. The van der Waals surface area contributed by atoms with Gasteiger partial charge in [0.1, 0.15) is 0 Å². The van der Waals surface area contributed by atoms with Gasteiger partial charge in [0.15, 0.2) is 0 Å². The quantitative estimate of drug-likeness (QED) is 0.475. The molecule has 0 spiro atoms. The van der Waals surface area contributed by atoms with Crippen molar-refractivity contribution in [2.75, 3.05) is 25.0 Å². The highest BCUT2D eigenvalue weighted by Gasteiger charge is 2.31. The molecule has 0 bridgehead atoms. The van der Waals surface area contributed by atoms with Gasteiger partial charge in [0.05, 0.1) is 13.2 Å². The lowest BCUT2D eigenvalue weighted by Crippen LogP contribution is -2.34. The smallest absolute Gasteiger partial charge is 0.396 e. The fourth-order valence-corrected chi connectivity index (χ4v) is 1.52. The zero-order valence-electron chi connectivity index (χ0n) is 6.69. The molecule has 0 saturated carbocycles. The van der Waals surface area contributed by atoms with Crippen LogP contribution in [0.5, 0.6) is 0 Å². The lowest BCUT2D eigenvalue weighted by molar-refractivity contribution is 0.0819. The summed E-state index contributed by atoms with van der Waals surface area (Å²) >= 11 is 11.0. The van der Waals surface area contributed by atoms with E-state index < -0.39 is 13.2 Å². The molecule has 0 saturated heterocycles. The Morgan fingerprint density at radius 2 is 1.77 bits per heavy atom. The molecule has 0 aromatic carbocycles. The van der Waals surface area contributed by atoms with Crippen LogP contribution in [0.25, 0.3) is 0 Å². The molecule has 80 valence electrons. The van der Waals surface area contributed by atoms with Crippen molar-refractivity contribution in [2.45, 2.75) is 0 Å². The van der Waals surface area contributed by atoms with E-state index in [4.69, 9.17) is 38.1 Å². The van der Waals surface area contributed by atoms with Crippen molar-refractivity contribution in [1.29, 1.82) is 0 Å². The van der Waals surface area contributed by atoms with E-state index in [1.54, 1.807) is 0 Å². The summed E-state index contributed by atoms with van der Waals surface area (Å²) in [6.45, 7) is -0.763. The van der Waals surface area contributed by atoms with Gasteiger partial charge in [-0.2, -0.15) is 0 Å². The molecule has 13 heavy (non-hydrogen) atoms. The number of halogens is 2. The van der Waals surface area contributed by atoms with Crippen LogP contribution in [0.4, 0.5) is 0 Å². The Balaban J connectivity index is 4.19. The van der Waals surface area contributed by atoms with Crippen LogP contribution in [0.15, 0.2) is 0 Å². The van der Waals surface area contributed by atoms with Crippen molar-refractivity contribution in [1.82, 2.24) is 0 Å². The molecular weight excluding hydrogens is 242 g/mol. The zero-order chi connectivity index (χ0) is 10.5. The van der Waals surface area contributed by atoms with Crippen LogP contribution in [0.3, 0.4) is 0 Å². The van der Waals surface area contributed by atoms with Crippen molar-refractivity contribution in [3.05, 3.63) is 0 Å². The molecule has 0 aromatic heterocycles. The number of phosphoric acid groups is 1. The molecule has 0 aromatic rings. The summed E-state index contributed by atoms with van der Waals surface area (Å²) < 4.78 is 14.5. The minimum Gasteiger partial charge on any atom is -0.396 e.